The van der Waals surface area contributed by atoms with Crippen molar-refractivity contribution in [3.8, 4) is 5.75 Å². The fourth-order valence-corrected chi connectivity index (χ4v) is 2.89. The summed E-state index contributed by atoms with van der Waals surface area (Å²) in [6, 6.07) is 5.41. The van der Waals surface area contributed by atoms with E-state index in [-0.39, 0.29) is 5.91 Å². The summed E-state index contributed by atoms with van der Waals surface area (Å²) in [7, 11) is 1.59. The lowest BCUT2D eigenvalue weighted by Gasteiger charge is -2.34. The molecule has 0 atom stereocenters. The molecule has 1 aliphatic rings. The van der Waals surface area contributed by atoms with Gasteiger partial charge < -0.3 is 15.4 Å². The van der Waals surface area contributed by atoms with Crippen LogP contribution < -0.4 is 10.5 Å². The van der Waals surface area contributed by atoms with Crippen LogP contribution in [0.1, 0.15) is 10.4 Å². The first-order chi connectivity index (χ1) is 10.0. The molecule has 0 bridgehead atoms. The minimum absolute atomic E-state index is 0.00995. The van der Waals surface area contributed by atoms with Crippen LogP contribution in [0.2, 0.25) is 0 Å². The predicted molar refractivity (Wildman–Crippen MR) is 89.8 cm³/mol. The number of halogens is 1. The SMILES string of the molecule is COc1ccc(Br)c(C(=O)N2CCN(CC(N)=S)CC2)c1. The number of carbonyl (C=O) groups excluding carboxylic acids is 1. The first-order valence-corrected chi connectivity index (χ1v) is 7.85. The molecule has 1 aliphatic heterocycles. The number of rotatable bonds is 4. The van der Waals surface area contributed by atoms with Gasteiger partial charge in [0.15, 0.2) is 0 Å². The average Bonchev–Trinajstić information content (AvgIpc) is 2.47. The van der Waals surface area contributed by atoms with Crippen LogP contribution in [0.15, 0.2) is 22.7 Å². The van der Waals surface area contributed by atoms with Crippen molar-refractivity contribution < 1.29 is 9.53 Å². The van der Waals surface area contributed by atoms with Gasteiger partial charge in [0.1, 0.15) is 5.75 Å². The van der Waals surface area contributed by atoms with Crippen LogP contribution in [0, 0.1) is 0 Å². The lowest BCUT2D eigenvalue weighted by molar-refractivity contribution is 0.0653. The van der Waals surface area contributed by atoms with Crippen LogP contribution >= 0.6 is 28.1 Å². The van der Waals surface area contributed by atoms with Crippen molar-refractivity contribution in [1.29, 1.82) is 0 Å². The predicted octanol–water partition coefficient (Wildman–Crippen LogP) is 1.50. The molecule has 0 unspecified atom stereocenters. The standard InChI is InChI=1S/C14H18BrN3O2S/c1-20-10-2-3-12(15)11(8-10)14(19)18-6-4-17(5-7-18)9-13(16)21/h2-3,8H,4-7,9H2,1H3,(H2,16,21). The summed E-state index contributed by atoms with van der Waals surface area (Å²) in [5, 5.41) is 0. The zero-order valence-corrected chi connectivity index (χ0v) is 14.2. The van der Waals surface area contributed by atoms with Crippen LogP contribution in [0.4, 0.5) is 0 Å². The van der Waals surface area contributed by atoms with E-state index < -0.39 is 0 Å². The molecule has 1 aromatic carbocycles. The van der Waals surface area contributed by atoms with Crippen LogP contribution in [-0.4, -0.2) is 60.5 Å². The normalized spacial score (nSPS) is 15.8. The van der Waals surface area contributed by atoms with E-state index in [1.807, 2.05) is 17.0 Å². The molecule has 1 aromatic rings. The Balaban J connectivity index is 2.03. The molecule has 0 aliphatic carbocycles. The maximum Gasteiger partial charge on any atom is 0.255 e. The largest absolute Gasteiger partial charge is 0.497 e. The maximum atomic E-state index is 12.6. The molecule has 1 heterocycles. The second-order valence-electron chi connectivity index (χ2n) is 4.88. The number of amides is 1. The topological polar surface area (TPSA) is 58.8 Å². The van der Waals surface area contributed by atoms with E-state index in [4.69, 9.17) is 22.7 Å². The Bertz CT molecular complexity index is 545. The Morgan fingerprint density at radius 1 is 1.38 bits per heavy atom. The summed E-state index contributed by atoms with van der Waals surface area (Å²) in [6.45, 7) is 3.52. The van der Waals surface area contributed by atoms with Gasteiger partial charge in [-0.2, -0.15) is 0 Å². The molecule has 5 nitrogen and oxygen atoms in total. The van der Waals surface area contributed by atoms with Crippen molar-refractivity contribution in [2.75, 3.05) is 39.8 Å². The summed E-state index contributed by atoms with van der Waals surface area (Å²) < 4.78 is 5.96. The number of methoxy groups -OCH3 is 1. The second kappa shape index (κ2) is 7.20. The summed E-state index contributed by atoms with van der Waals surface area (Å²) in [5.74, 6) is 0.685. The monoisotopic (exact) mass is 371 g/mol. The van der Waals surface area contributed by atoms with Gasteiger partial charge >= 0.3 is 0 Å². The quantitative estimate of drug-likeness (QED) is 0.812. The summed E-state index contributed by atoms with van der Waals surface area (Å²) >= 11 is 8.34. The minimum Gasteiger partial charge on any atom is -0.497 e. The van der Waals surface area contributed by atoms with Crippen molar-refractivity contribution in [2.45, 2.75) is 0 Å². The van der Waals surface area contributed by atoms with Crippen LogP contribution in [0.5, 0.6) is 5.75 Å². The number of piperazine rings is 1. The molecule has 0 saturated carbocycles. The van der Waals surface area contributed by atoms with Crippen molar-refractivity contribution in [2.24, 2.45) is 5.73 Å². The van der Waals surface area contributed by atoms with E-state index in [1.54, 1.807) is 13.2 Å². The number of carbonyl (C=O) groups is 1. The van der Waals surface area contributed by atoms with Gasteiger partial charge in [0.05, 0.1) is 17.7 Å². The van der Waals surface area contributed by atoms with E-state index in [9.17, 15) is 4.79 Å². The minimum atomic E-state index is 0.00995. The van der Waals surface area contributed by atoms with Gasteiger partial charge in [0, 0.05) is 37.2 Å². The zero-order chi connectivity index (χ0) is 15.4. The molecule has 2 N–H and O–H groups in total. The molecule has 2 rings (SSSR count). The fraction of sp³-hybridized carbons (Fsp3) is 0.429. The molecule has 21 heavy (non-hydrogen) atoms. The highest BCUT2D eigenvalue weighted by molar-refractivity contribution is 9.10. The molecule has 7 heteroatoms. The number of nitrogens with two attached hydrogens (primary N) is 1. The molecule has 0 aromatic heterocycles. The molecule has 1 fully saturated rings. The molecule has 114 valence electrons. The van der Waals surface area contributed by atoms with Gasteiger partial charge in [0.2, 0.25) is 0 Å². The van der Waals surface area contributed by atoms with Crippen molar-refractivity contribution in [1.82, 2.24) is 9.80 Å². The van der Waals surface area contributed by atoms with Crippen LogP contribution in [0.3, 0.4) is 0 Å². The average molecular weight is 372 g/mol. The maximum absolute atomic E-state index is 12.6. The van der Waals surface area contributed by atoms with Gasteiger partial charge in [-0.05, 0) is 34.1 Å². The van der Waals surface area contributed by atoms with Crippen molar-refractivity contribution >= 4 is 39.0 Å². The van der Waals surface area contributed by atoms with Gasteiger partial charge in [-0.3, -0.25) is 9.69 Å². The molecule has 1 amide bonds. The molecular formula is C14H18BrN3O2S. The third kappa shape index (κ3) is 4.15. The first-order valence-electron chi connectivity index (χ1n) is 6.64. The second-order valence-corrected chi connectivity index (χ2v) is 6.26. The van der Waals surface area contributed by atoms with Crippen LogP contribution in [0.25, 0.3) is 0 Å². The Morgan fingerprint density at radius 2 is 2.05 bits per heavy atom. The van der Waals surface area contributed by atoms with E-state index in [1.165, 1.54) is 0 Å². The third-order valence-electron chi connectivity index (χ3n) is 3.44. The van der Waals surface area contributed by atoms with Crippen molar-refractivity contribution in [3.05, 3.63) is 28.2 Å². The van der Waals surface area contributed by atoms with E-state index >= 15 is 0 Å². The zero-order valence-electron chi connectivity index (χ0n) is 11.8. The van der Waals surface area contributed by atoms with Gasteiger partial charge in [0.25, 0.3) is 5.91 Å². The number of thiocarbonyl (C=S) groups is 1. The Hall–Kier alpha value is -1.18. The van der Waals surface area contributed by atoms with Crippen molar-refractivity contribution in [3.63, 3.8) is 0 Å². The highest BCUT2D eigenvalue weighted by Gasteiger charge is 2.23. The number of hydrogen-bond donors (Lipinski definition) is 1. The fourth-order valence-electron chi connectivity index (χ4n) is 2.30. The number of benzene rings is 1. The third-order valence-corrected chi connectivity index (χ3v) is 4.26. The number of hydrogen-bond acceptors (Lipinski definition) is 4. The molecule has 0 spiro atoms. The van der Waals surface area contributed by atoms with Crippen LogP contribution in [-0.2, 0) is 0 Å². The van der Waals surface area contributed by atoms with Gasteiger partial charge in [-0.1, -0.05) is 12.2 Å². The molecule has 1 saturated heterocycles. The molecular weight excluding hydrogens is 354 g/mol. The Kier molecular flexibility index (Phi) is 5.55. The van der Waals surface area contributed by atoms with E-state index in [0.29, 0.717) is 35.9 Å². The Labute approximate surface area is 138 Å². The number of nitrogens with zero attached hydrogens (tertiary/aromatic N) is 2. The summed E-state index contributed by atoms with van der Waals surface area (Å²) in [5.41, 5.74) is 6.17. The lowest BCUT2D eigenvalue weighted by Crippen LogP contribution is -2.50. The Morgan fingerprint density at radius 3 is 2.62 bits per heavy atom. The summed E-state index contributed by atoms with van der Waals surface area (Å²) in [6.07, 6.45) is 0. The highest BCUT2D eigenvalue weighted by atomic mass is 79.9. The highest BCUT2D eigenvalue weighted by Crippen LogP contribution is 2.24. The molecule has 0 radical (unpaired) electrons. The summed E-state index contributed by atoms with van der Waals surface area (Å²) in [4.78, 5) is 17.1. The van der Waals surface area contributed by atoms with Gasteiger partial charge in [-0.25, -0.2) is 0 Å². The lowest BCUT2D eigenvalue weighted by atomic mass is 10.1. The first kappa shape index (κ1) is 16.2. The number of ether oxygens (including phenoxy) is 1. The van der Waals surface area contributed by atoms with Gasteiger partial charge in [-0.15, -0.1) is 0 Å². The van der Waals surface area contributed by atoms with E-state index in [0.717, 1.165) is 17.6 Å². The van der Waals surface area contributed by atoms with E-state index in [2.05, 4.69) is 20.8 Å². The smallest absolute Gasteiger partial charge is 0.255 e.